The number of halogens is 1. The molecule has 3 aromatic rings. The molecule has 0 saturated heterocycles. The molecule has 114 valence electrons. The van der Waals surface area contributed by atoms with Crippen LogP contribution in [0.25, 0.3) is 11.1 Å². The van der Waals surface area contributed by atoms with Crippen molar-refractivity contribution < 1.29 is 4.79 Å². The summed E-state index contributed by atoms with van der Waals surface area (Å²) in [7, 11) is 0. The fourth-order valence-corrected chi connectivity index (χ4v) is 2.67. The lowest BCUT2D eigenvalue weighted by Gasteiger charge is -2.11. The largest absolute Gasteiger partial charge is 0.348 e. The zero-order chi connectivity index (χ0) is 16.1. The Morgan fingerprint density at radius 1 is 0.826 bits per heavy atom. The van der Waals surface area contributed by atoms with Crippen LogP contribution in [0.15, 0.2) is 78.9 Å². The second-order valence-corrected chi connectivity index (χ2v) is 5.59. The molecule has 0 heterocycles. The molecule has 0 fully saturated rings. The molecule has 0 saturated carbocycles. The summed E-state index contributed by atoms with van der Waals surface area (Å²) < 4.78 is 0. The molecular formula is C20H16ClNO. The predicted octanol–water partition coefficient (Wildman–Crippen LogP) is 4.94. The fraction of sp³-hybridized carbons (Fsp3) is 0.0500. The van der Waals surface area contributed by atoms with Crippen molar-refractivity contribution in [3.05, 3.63) is 95.0 Å². The Balaban J connectivity index is 1.82. The summed E-state index contributed by atoms with van der Waals surface area (Å²) in [4.78, 5) is 12.6. The number of benzene rings is 3. The summed E-state index contributed by atoms with van der Waals surface area (Å²) in [5.74, 6) is -0.107. The second-order valence-electron chi connectivity index (χ2n) is 5.19. The number of hydrogen-bond acceptors (Lipinski definition) is 1. The Kier molecular flexibility index (Phi) is 4.74. The molecule has 0 radical (unpaired) electrons. The van der Waals surface area contributed by atoms with Crippen LogP contribution in [0.3, 0.4) is 0 Å². The number of carbonyl (C=O) groups excluding carboxylic acids is 1. The number of carbonyl (C=O) groups is 1. The van der Waals surface area contributed by atoms with E-state index in [2.05, 4.69) is 5.32 Å². The zero-order valence-electron chi connectivity index (χ0n) is 12.5. The molecular weight excluding hydrogens is 306 g/mol. The van der Waals surface area contributed by atoms with Gasteiger partial charge in [0.1, 0.15) is 0 Å². The minimum Gasteiger partial charge on any atom is -0.348 e. The first-order valence-electron chi connectivity index (χ1n) is 7.42. The van der Waals surface area contributed by atoms with Gasteiger partial charge in [-0.2, -0.15) is 0 Å². The van der Waals surface area contributed by atoms with E-state index < -0.39 is 0 Å². The third kappa shape index (κ3) is 3.61. The van der Waals surface area contributed by atoms with Gasteiger partial charge in [0, 0.05) is 17.1 Å². The van der Waals surface area contributed by atoms with Crippen LogP contribution in [-0.4, -0.2) is 5.91 Å². The molecule has 3 aromatic carbocycles. The monoisotopic (exact) mass is 321 g/mol. The maximum atomic E-state index is 12.6. The molecule has 0 aliphatic rings. The average Bonchev–Trinajstić information content (AvgIpc) is 2.61. The number of nitrogens with one attached hydrogen (secondary N) is 1. The molecule has 3 rings (SSSR count). The van der Waals surface area contributed by atoms with E-state index in [-0.39, 0.29) is 5.91 Å². The van der Waals surface area contributed by atoms with Crippen molar-refractivity contribution in [2.75, 3.05) is 0 Å². The predicted molar refractivity (Wildman–Crippen MR) is 94.5 cm³/mol. The number of hydrogen-bond donors (Lipinski definition) is 1. The van der Waals surface area contributed by atoms with Gasteiger partial charge >= 0.3 is 0 Å². The Morgan fingerprint density at radius 2 is 1.48 bits per heavy atom. The van der Waals surface area contributed by atoms with E-state index in [0.29, 0.717) is 17.1 Å². The Hall–Kier alpha value is -2.58. The van der Waals surface area contributed by atoms with Crippen molar-refractivity contribution in [2.24, 2.45) is 0 Å². The van der Waals surface area contributed by atoms with Gasteiger partial charge < -0.3 is 5.32 Å². The fourth-order valence-electron chi connectivity index (χ4n) is 2.46. The van der Waals surface area contributed by atoms with Crippen LogP contribution in [0.2, 0.25) is 5.02 Å². The van der Waals surface area contributed by atoms with Crippen molar-refractivity contribution in [2.45, 2.75) is 6.54 Å². The summed E-state index contributed by atoms with van der Waals surface area (Å²) in [6.45, 7) is 0.404. The lowest BCUT2D eigenvalue weighted by Crippen LogP contribution is -2.23. The molecule has 0 unspecified atom stereocenters. The van der Waals surface area contributed by atoms with E-state index >= 15 is 0 Å². The van der Waals surface area contributed by atoms with Crippen LogP contribution < -0.4 is 5.32 Å². The van der Waals surface area contributed by atoms with Crippen molar-refractivity contribution in [1.29, 1.82) is 0 Å². The first kappa shape index (κ1) is 15.3. The number of amides is 1. The molecule has 0 aliphatic heterocycles. The van der Waals surface area contributed by atoms with Crippen molar-refractivity contribution >= 4 is 17.5 Å². The SMILES string of the molecule is O=C(NCc1ccccc1Cl)c1ccccc1-c1ccccc1. The Labute approximate surface area is 140 Å². The van der Waals surface area contributed by atoms with Gasteiger partial charge in [-0.25, -0.2) is 0 Å². The van der Waals surface area contributed by atoms with Crippen molar-refractivity contribution in [3.8, 4) is 11.1 Å². The second kappa shape index (κ2) is 7.12. The van der Waals surface area contributed by atoms with Crippen LogP contribution >= 0.6 is 11.6 Å². The molecule has 0 aliphatic carbocycles. The Bertz CT molecular complexity index is 815. The van der Waals surface area contributed by atoms with E-state index in [1.807, 2.05) is 78.9 Å². The van der Waals surface area contributed by atoms with Gasteiger partial charge in [-0.15, -0.1) is 0 Å². The topological polar surface area (TPSA) is 29.1 Å². The normalized spacial score (nSPS) is 10.3. The van der Waals surface area contributed by atoms with Gasteiger partial charge in [0.25, 0.3) is 5.91 Å². The highest BCUT2D eigenvalue weighted by Gasteiger charge is 2.12. The van der Waals surface area contributed by atoms with E-state index in [9.17, 15) is 4.79 Å². The molecule has 3 heteroatoms. The highest BCUT2D eigenvalue weighted by atomic mass is 35.5. The third-order valence-corrected chi connectivity index (χ3v) is 4.02. The summed E-state index contributed by atoms with van der Waals surface area (Å²) in [6.07, 6.45) is 0. The first-order chi connectivity index (χ1) is 11.3. The minimum absolute atomic E-state index is 0.107. The number of rotatable bonds is 4. The van der Waals surface area contributed by atoms with Crippen LogP contribution in [0.5, 0.6) is 0 Å². The van der Waals surface area contributed by atoms with Gasteiger partial charge in [-0.1, -0.05) is 78.3 Å². The lowest BCUT2D eigenvalue weighted by molar-refractivity contribution is 0.0951. The van der Waals surface area contributed by atoms with Crippen molar-refractivity contribution in [1.82, 2.24) is 5.32 Å². The van der Waals surface area contributed by atoms with E-state index in [4.69, 9.17) is 11.6 Å². The van der Waals surface area contributed by atoms with E-state index in [1.165, 1.54) is 0 Å². The average molecular weight is 322 g/mol. The molecule has 0 spiro atoms. The molecule has 2 nitrogen and oxygen atoms in total. The standard InChI is InChI=1S/C20H16ClNO/c21-19-13-7-4-10-16(19)14-22-20(23)18-12-6-5-11-17(18)15-8-2-1-3-9-15/h1-13H,14H2,(H,22,23). The quantitative estimate of drug-likeness (QED) is 0.724. The van der Waals surface area contributed by atoms with E-state index in [1.54, 1.807) is 0 Å². The third-order valence-electron chi connectivity index (χ3n) is 3.65. The lowest BCUT2D eigenvalue weighted by atomic mass is 9.99. The van der Waals surface area contributed by atoms with Gasteiger partial charge in [-0.05, 0) is 28.8 Å². The molecule has 0 bridgehead atoms. The van der Waals surface area contributed by atoms with Gasteiger partial charge in [0.2, 0.25) is 0 Å². The molecule has 0 atom stereocenters. The molecule has 1 N–H and O–H groups in total. The maximum Gasteiger partial charge on any atom is 0.252 e. The minimum atomic E-state index is -0.107. The summed E-state index contributed by atoms with van der Waals surface area (Å²) >= 11 is 6.13. The van der Waals surface area contributed by atoms with Crippen LogP contribution in [0, 0.1) is 0 Å². The molecule has 0 aromatic heterocycles. The van der Waals surface area contributed by atoms with Gasteiger partial charge in [0.15, 0.2) is 0 Å². The van der Waals surface area contributed by atoms with Crippen LogP contribution in [0.1, 0.15) is 15.9 Å². The smallest absolute Gasteiger partial charge is 0.252 e. The summed E-state index contributed by atoms with van der Waals surface area (Å²) in [6, 6.07) is 25.0. The van der Waals surface area contributed by atoms with Crippen LogP contribution in [-0.2, 0) is 6.54 Å². The summed E-state index contributed by atoms with van der Waals surface area (Å²) in [5, 5.41) is 3.60. The summed E-state index contributed by atoms with van der Waals surface area (Å²) in [5.41, 5.74) is 3.51. The van der Waals surface area contributed by atoms with Gasteiger partial charge in [0.05, 0.1) is 0 Å². The van der Waals surface area contributed by atoms with E-state index in [0.717, 1.165) is 16.7 Å². The molecule has 23 heavy (non-hydrogen) atoms. The van der Waals surface area contributed by atoms with Gasteiger partial charge in [-0.3, -0.25) is 4.79 Å². The highest BCUT2D eigenvalue weighted by Crippen LogP contribution is 2.23. The first-order valence-corrected chi connectivity index (χ1v) is 7.79. The Morgan fingerprint density at radius 3 is 2.26 bits per heavy atom. The van der Waals surface area contributed by atoms with Crippen LogP contribution in [0.4, 0.5) is 0 Å². The van der Waals surface area contributed by atoms with Crippen molar-refractivity contribution in [3.63, 3.8) is 0 Å². The highest BCUT2D eigenvalue weighted by molar-refractivity contribution is 6.31. The maximum absolute atomic E-state index is 12.6. The molecule has 1 amide bonds. The zero-order valence-corrected chi connectivity index (χ0v) is 13.3.